The van der Waals surface area contributed by atoms with E-state index >= 15 is 4.39 Å². The minimum Gasteiger partial charge on any atom is -0.495 e. The highest BCUT2D eigenvalue weighted by Gasteiger charge is 2.25. The summed E-state index contributed by atoms with van der Waals surface area (Å²) in [4.78, 5) is 12.1. The number of aromatic nitrogens is 2. The zero-order chi connectivity index (χ0) is 26.7. The first-order chi connectivity index (χ1) is 17.6. The van der Waals surface area contributed by atoms with Crippen molar-refractivity contribution in [2.45, 2.75) is 30.6 Å². The topological polar surface area (TPSA) is 113 Å². The first-order valence-corrected chi connectivity index (χ1v) is 13.7. The fourth-order valence-corrected chi connectivity index (χ4v) is 5.82. The van der Waals surface area contributed by atoms with Crippen molar-refractivity contribution in [3.05, 3.63) is 79.8 Å². The molecule has 2 aromatic carbocycles. The molecular weight excluding hydrogens is 566 g/mol. The van der Waals surface area contributed by atoms with Gasteiger partial charge in [-0.25, -0.2) is 22.3 Å². The maximum atomic E-state index is 15.3. The number of ether oxygens (including phenoxy) is 1. The lowest BCUT2D eigenvalue weighted by molar-refractivity contribution is 0.246. The quantitative estimate of drug-likeness (QED) is 0.329. The zero-order valence-corrected chi connectivity index (χ0v) is 22.6. The number of fused-ring (bicyclic) bond motifs is 1. The summed E-state index contributed by atoms with van der Waals surface area (Å²) in [5.74, 6) is -0.312. The fourth-order valence-electron chi connectivity index (χ4n) is 4.07. The number of rotatable bonds is 7. The fraction of sp³-hybridized carbons (Fsp3) is 0.250. The van der Waals surface area contributed by atoms with E-state index in [2.05, 4.69) is 15.5 Å². The van der Waals surface area contributed by atoms with Gasteiger partial charge in [-0.3, -0.25) is 5.10 Å². The molecule has 1 aliphatic carbocycles. The number of H-pyrrole nitrogens is 1. The minimum absolute atomic E-state index is 0.0606. The number of methoxy groups -OCH3 is 1. The van der Waals surface area contributed by atoms with Crippen LogP contribution in [0.5, 0.6) is 5.75 Å². The third-order valence-electron chi connectivity index (χ3n) is 5.84. The van der Waals surface area contributed by atoms with E-state index in [9.17, 15) is 13.2 Å². The van der Waals surface area contributed by atoms with Crippen LogP contribution in [0, 0.1) is 0 Å². The van der Waals surface area contributed by atoms with Crippen LogP contribution in [0.4, 0.5) is 9.18 Å². The summed E-state index contributed by atoms with van der Waals surface area (Å²) in [6, 6.07) is 7.80. The maximum Gasteiger partial charge on any atom is 0.329 e. The minimum atomic E-state index is -4.25. The van der Waals surface area contributed by atoms with Gasteiger partial charge in [0.25, 0.3) is 10.0 Å². The summed E-state index contributed by atoms with van der Waals surface area (Å²) in [5.41, 5.74) is 3.25. The number of aryl methyl sites for hydroxylation is 1. The van der Waals surface area contributed by atoms with Crippen molar-refractivity contribution in [3.8, 4) is 5.75 Å². The monoisotopic (exact) mass is 586 g/mol. The molecule has 3 N–H and O–H groups in total. The van der Waals surface area contributed by atoms with Crippen LogP contribution in [0.2, 0.25) is 15.1 Å². The molecule has 13 heteroatoms. The van der Waals surface area contributed by atoms with Crippen LogP contribution < -0.4 is 14.8 Å². The Morgan fingerprint density at radius 1 is 1.14 bits per heavy atom. The van der Waals surface area contributed by atoms with E-state index in [-0.39, 0.29) is 15.7 Å². The Morgan fingerprint density at radius 2 is 1.92 bits per heavy atom. The SMILES string of the molecule is COc1ccc(S(=O)(=O)NC(=O)NC/C(F)=C2\CCCc3[nH]nc(Cc4ccc(Cl)cc4Cl)c32)cc1Cl. The molecule has 0 saturated heterocycles. The number of allylic oxidation sites excluding steroid dienone is 1. The molecule has 2 amide bonds. The van der Waals surface area contributed by atoms with Crippen LogP contribution in [0.1, 0.15) is 35.4 Å². The number of carbonyl (C=O) groups is 1. The van der Waals surface area contributed by atoms with Crippen LogP contribution >= 0.6 is 34.8 Å². The van der Waals surface area contributed by atoms with Gasteiger partial charge in [0, 0.05) is 27.7 Å². The van der Waals surface area contributed by atoms with Gasteiger partial charge in [0.2, 0.25) is 0 Å². The van der Waals surface area contributed by atoms with Crippen LogP contribution in [0.25, 0.3) is 5.57 Å². The van der Waals surface area contributed by atoms with E-state index in [1.54, 1.807) is 18.2 Å². The zero-order valence-electron chi connectivity index (χ0n) is 19.5. The van der Waals surface area contributed by atoms with Crippen molar-refractivity contribution in [2.24, 2.45) is 0 Å². The molecule has 0 fully saturated rings. The summed E-state index contributed by atoms with van der Waals surface area (Å²) in [6.07, 6.45) is 2.18. The third-order valence-corrected chi connectivity index (χ3v) is 8.05. The molecule has 0 saturated carbocycles. The number of nitrogens with zero attached hydrogens (tertiary/aromatic N) is 1. The maximum absolute atomic E-state index is 15.3. The second kappa shape index (κ2) is 11.3. The van der Waals surface area contributed by atoms with Gasteiger partial charge in [-0.1, -0.05) is 40.9 Å². The number of halogens is 4. The van der Waals surface area contributed by atoms with Gasteiger partial charge in [0.05, 0.1) is 29.3 Å². The number of carbonyl (C=O) groups excluding carboxylic acids is 1. The molecule has 4 rings (SSSR count). The van der Waals surface area contributed by atoms with Crippen molar-refractivity contribution in [2.75, 3.05) is 13.7 Å². The third kappa shape index (κ3) is 6.20. The Balaban J connectivity index is 1.49. The van der Waals surface area contributed by atoms with Crippen LogP contribution in [-0.2, 0) is 22.9 Å². The lowest BCUT2D eigenvalue weighted by Gasteiger charge is -2.18. The highest BCUT2D eigenvalue weighted by atomic mass is 35.5. The van der Waals surface area contributed by atoms with Gasteiger partial charge in [-0.05, 0) is 60.7 Å². The molecule has 0 spiro atoms. The standard InChI is InChI=1S/C24H22Cl3FN4O4S/c1-36-22-8-7-15(11-18(22)27)37(34,35)32-24(33)29-12-19(28)16-3-2-4-20-23(16)21(31-30-20)9-13-5-6-14(25)10-17(13)26/h5-8,10-11H,2-4,9,12H2,1H3,(H,30,31)(H2,29,32,33)/b19-16-. The van der Waals surface area contributed by atoms with E-state index in [4.69, 9.17) is 39.5 Å². The van der Waals surface area contributed by atoms with E-state index in [0.29, 0.717) is 52.6 Å². The molecule has 0 radical (unpaired) electrons. The summed E-state index contributed by atoms with van der Waals surface area (Å²) >= 11 is 18.3. The molecule has 8 nitrogen and oxygen atoms in total. The van der Waals surface area contributed by atoms with Gasteiger partial charge in [-0.15, -0.1) is 0 Å². The lowest BCUT2D eigenvalue weighted by Crippen LogP contribution is -2.40. The first kappa shape index (κ1) is 27.3. The molecule has 0 unspecified atom stereocenters. The average molecular weight is 588 g/mol. The lowest BCUT2D eigenvalue weighted by atomic mass is 9.88. The molecule has 1 aromatic heterocycles. The molecule has 1 heterocycles. The smallest absolute Gasteiger partial charge is 0.329 e. The predicted molar refractivity (Wildman–Crippen MR) is 141 cm³/mol. The van der Waals surface area contributed by atoms with Crippen molar-refractivity contribution < 1.29 is 22.3 Å². The molecule has 1 aliphatic rings. The Morgan fingerprint density at radius 3 is 2.62 bits per heavy atom. The second-order valence-electron chi connectivity index (χ2n) is 8.26. The predicted octanol–water partition coefficient (Wildman–Crippen LogP) is 5.67. The molecule has 0 aliphatic heterocycles. The van der Waals surface area contributed by atoms with E-state index in [1.807, 2.05) is 4.72 Å². The normalized spacial score (nSPS) is 14.6. The highest BCUT2D eigenvalue weighted by Crippen LogP contribution is 2.36. The number of aromatic amines is 1. The molecule has 3 aromatic rings. The Bertz CT molecular complexity index is 1490. The number of hydrogen-bond acceptors (Lipinski definition) is 5. The van der Waals surface area contributed by atoms with E-state index in [1.165, 1.54) is 19.2 Å². The molecule has 0 atom stereocenters. The number of sulfonamides is 1. The molecule has 37 heavy (non-hydrogen) atoms. The van der Waals surface area contributed by atoms with Gasteiger partial charge in [0.15, 0.2) is 0 Å². The summed E-state index contributed by atoms with van der Waals surface area (Å²) in [5, 5.41) is 10.6. The summed E-state index contributed by atoms with van der Waals surface area (Å²) in [6.45, 7) is -0.508. The number of urea groups is 1. The summed E-state index contributed by atoms with van der Waals surface area (Å²) in [7, 11) is -2.86. The van der Waals surface area contributed by atoms with Crippen molar-refractivity contribution in [3.63, 3.8) is 0 Å². The van der Waals surface area contributed by atoms with Gasteiger partial charge in [0.1, 0.15) is 11.6 Å². The number of amides is 2. The Kier molecular flexibility index (Phi) is 8.33. The van der Waals surface area contributed by atoms with Gasteiger partial charge < -0.3 is 10.1 Å². The number of benzene rings is 2. The van der Waals surface area contributed by atoms with E-state index < -0.39 is 28.4 Å². The molecule has 0 bridgehead atoms. The van der Waals surface area contributed by atoms with Crippen molar-refractivity contribution >= 4 is 56.4 Å². The van der Waals surface area contributed by atoms with Gasteiger partial charge >= 0.3 is 6.03 Å². The molecular formula is C24H22Cl3FN4O4S. The van der Waals surface area contributed by atoms with Crippen LogP contribution in [0.15, 0.2) is 47.1 Å². The number of hydrogen-bond donors (Lipinski definition) is 3. The highest BCUT2D eigenvalue weighted by molar-refractivity contribution is 7.90. The average Bonchev–Trinajstić information content (AvgIpc) is 3.27. The Hall–Kier alpha value is -2.79. The largest absolute Gasteiger partial charge is 0.495 e. The summed E-state index contributed by atoms with van der Waals surface area (Å²) < 4.78 is 47.2. The van der Waals surface area contributed by atoms with Crippen LogP contribution in [-0.4, -0.2) is 38.3 Å². The van der Waals surface area contributed by atoms with E-state index in [0.717, 1.165) is 17.3 Å². The van der Waals surface area contributed by atoms with Crippen molar-refractivity contribution in [1.82, 2.24) is 20.2 Å². The molecule has 196 valence electrons. The first-order valence-electron chi connectivity index (χ1n) is 11.1. The van der Waals surface area contributed by atoms with Crippen molar-refractivity contribution in [1.29, 1.82) is 0 Å². The van der Waals surface area contributed by atoms with Crippen LogP contribution in [0.3, 0.4) is 0 Å². The Labute approximate surface area is 228 Å². The van der Waals surface area contributed by atoms with Gasteiger partial charge in [-0.2, -0.15) is 5.10 Å². The number of nitrogens with one attached hydrogen (secondary N) is 3. The second-order valence-corrected chi connectivity index (χ2v) is 11.2.